The molecule has 2 aromatic heterocycles. The predicted molar refractivity (Wildman–Crippen MR) is 100.0 cm³/mol. The monoisotopic (exact) mass is 392 g/mol. The van der Waals surface area contributed by atoms with Crippen LogP contribution in [0.25, 0.3) is 0 Å². The number of aliphatic hydroxyl groups is 1. The van der Waals surface area contributed by atoms with Gasteiger partial charge in [0.2, 0.25) is 5.95 Å². The number of rotatable bonds is 10. The molecular formula is C17H24N6O5. The summed E-state index contributed by atoms with van der Waals surface area (Å²) in [6, 6.07) is 0.302. The van der Waals surface area contributed by atoms with Gasteiger partial charge in [0, 0.05) is 32.2 Å². The minimum Gasteiger partial charge on any atom is -0.477 e. The van der Waals surface area contributed by atoms with Crippen LogP contribution in [0.1, 0.15) is 29.2 Å². The highest BCUT2D eigenvalue weighted by Crippen LogP contribution is 2.23. The van der Waals surface area contributed by atoms with E-state index >= 15 is 0 Å². The fourth-order valence-electron chi connectivity index (χ4n) is 2.82. The summed E-state index contributed by atoms with van der Waals surface area (Å²) in [6.07, 6.45) is 6.63. The van der Waals surface area contributed by atoms with Crippen molar-refractivity contribution < 1.29 is 24.5 Å². The number of carboxylic acids is 1. The van der Waals surface area contributed by atoms with Gasteiger partial charge in [-0.3, -0.25) is 4.68 Å². The summed E-state index contributed by atoms with van der Waals surface area (Å²) in [6.45, 7) is 2.27. The van der Waals surface area contributed by atoms with Crippen LogP contribution >= 0.6 is 0 Å². The Kier molecular flexibility index (Phi) is 7.12. The van der Waals surface area contributed by atoms with Gasteiger partial charge in [-0.15, -0.1) is 0 Å². The van der Waals surface area contributed by atoms with Crippen LogP contribution in [-0.2, 0) is 9.47 Å². The van der Waals surface area contributed by atoms with Gasteiger partial charge < -0.3 is 30.3 Å². The standard InChI is InChI=1S/C17H24N6O5/c24-4-8-28-7-3-18-15-14(16(25)26)10-19-17(22-15)21-12-9-20-23(11-12)13-1-5-27-6-2-13/h9-11,13,24H,1-8H2,(H,25,26)(H2,18,19,21,22). The van der Waals surface area contributed by atoms with E-state index in [0.29, 0.717) is 24.9 Å². The second kappa shape index (κ2) is 9.97. The van der Waals surface area contributed by atoms with Gasteiger partial charge in [0.1, 0.15) is 11.4 Å². The normalized spacial score (nSPS) is 14.8. The third kappa shape index (κ3) is 5.38. The number of hydrogen-bond acceptors (Lipinski definition) is 9. The summed E-state index contributed by atoms with van der Waals surface area (Å²) < 4.78 is 12.4. The van der Waals surface area contributed by atoms with Gasteiger partial charge in [-0.2, -0.15) is 10.1 Å². The molecule has 0 radical (unpaired) electrons. The first-order valence-electron chi connectivity index (χ1n) is 9.09. The van der Waals surface area contributed by atoms with Gasteiger partial charge >= 0.3 is 5.97 Å². The van der Waals surface area contributed by atoms with Crippen molar-refractivity contribution in [1.29, 1.82) is 0 Å². The summed E-state index contributed by atoms with van der Waals surface area (Å²) in [7, 11) is 0. The fraction of sp³-hybridized carbons (Fsp3) is 0.529. The van der Waals surface area contributed by atoms with Crippen LogP contribution in [0.3, 0.4) is 0 Å². The molecule has 0 aromatic carbocycles. The molecule has 0 spiro atoms. The molecular weight excluding hydrogens is 368 g/mol. The first-order chi connectivity index (χ1) is 13.7. The summed E-state index contributed by atoms with van der Waals surface area (Å²) in [5.41, 5.74) is 0.678. The Morgan fingerprint density at radius 3 is 2.89 bits per heavy atom. The van der Waals surface area contributed by atoms with Crippen LogP contribution in [0.5, 0.6) is 0 Å². The molecule has 28 heavy (non-hydrogen) atoms. The van der Waals surface area contributed by atoms with E-state index in [1.165, 1.54) is 6.20 Å². The van der Waals surface area contributed by atoms with Gasteiger partial charge in [-0.1, -0.05) is 0 Å². The van der Waals surface area contributed by atoms with E-state index in [-0.39, 0.29) is 30.5 Å². The molecule has 152 valence electrons. The van der Waals surface area contributed by atoms with E-state index in [4.69, 9.17) is 14.6 Å². The minimum absolute atomic E-state index is 0.0365. The molecule has 0 bridgehead atoms. The second-order valence-electron chi connectivity index (χ2n) is 6.20. The van der Waals surface area contributed by atoms with Crippen molar-refractivity contribution in [2.75, 3.05) is 50.2 Å². The fourth-order valence-corrected chi connectivity index (χ4v) is 2.82. The van der Waals surface area contributed by atoms with Crippen molar-refractivity contribution in [3.8, 4) is 0 Å². The number of carboxylic acid groups (broad SMARTS) is 1. The van der Waals surface area contributed by atoms with Crippen LogP contribution in [-0.4, -0.2) is 75.5 Å². The summed E-state index contributed by atoms with van der Waals surface area (Å²) in [5, 5.41) is 28.4. The lowest BCUT2D eigenvalue weighted by molar-refractivity contribution is 0.0662. The predicted octanol–water partition coefficient (Wildman–Crippen LogP) is 0.887. The number of nitrogens with one attached hydrogen (secondary N) is 2. The molecule has 0 unspecified atom stereocenters. The van der Waals surface area contributed by atoms with E-state index in [2.05, 4.69) is 25.7 Å². The topological polar surface area (TPSA) is 144 Å². The largest absolute Gasteiger partial charge is 0.477 e. The molecule has 0 amide bonds. The Morgan fingerprint density at radius 2 is 2.14 bits per heavy atom. The zero-order chi connectivity index (χ0) is 19.8. The van der Waals surface area contributed by atoms with Crippen molar-refractivity contribution >= 4 is 23.4 Å². The molecule has 0 aliphatic carbocycles. The number of anilines is 3. The molecule has 11 heteroatoms. The number of aromatic nitrogens is 4. The quantitative estimate of drug-likeness (QED) is 0.430. The van der Waals surface area contributed by atoms with E-state index in [9.17, 15) is 9.90 Å². The number of hydrogen-bond donors (Lipinski definition) is 4. The van der Waals surface area contributed by atoms with Crippen molar-refractivity contribution in [1.82, 2.24) is 19.7 Å². The maximum absolute atomic E-state index is 11.4. The van der Waals surface area contributed by atoms with Gasteiger partial charge in [-0.25, -0.2) is 9.78 Å². The maximum Gasteiger partial charge on any atom is 0.341 e. The van der Waals surface area contributed by atoms with Crippen molar-refractivity contribution in [3.63, 3.8) is 0 Å². The summed E-state index contributed by atoms with van der Waals surface area (Å²) in [5.74, 6) is -0.678. The molecule has 2 aromatic rings. The zero-order valence-electron chi connectivity index (χ0n) is 15.4. The minimum atomic E-state index is -1.13. The highest BCUT2D eigenvalue weighted by molar-refractivity contribution is 5.93. The molecule has 0 saturated carbocycles. The Hall–Kier alpha value is -2.76. The number of aliphatic hydroxyl groups excluding tert-OH is 1. The van der Waals surface area contributed by atoms with Crippen LogP contribution in [0.15, 0.2) is 18.6 Å². The average Bonchev–Trinajstić information content (AvgIpc) is 3.17. The first kappa shape index (κ1) is 20.0. The zero-order valence-corrected chi connectivity index (χ0v) is 15.4. The molecule has 3 rings (SSSR count). The van der Waals surface area contributed by atoms with E-state index in [1.54, 1.807) is 6.20 Å². The molecule has 4 N–H and O–H groups in total. The smallest absolute Gasteiger partial charge is 0.341 e. The van der Waals surface area contributed by atoms with Gasteiger partial charge in [0.15, 0.2) is 0 Å². The lowest BCUT2D eigenvalue weighted by atomic mass is 10.1. The van der Waals surface area contributed by atoms with Gasteiger partial charge in [0.05, 0.1) is 37.7 Å². The van der Waals surface area contributed by atoms with E-state index < -0.39 is 5.97 Å². The highest BCUT2D eigenvalue weighted by Gasteiger charge is 2.17. The first-order valence-corrected chi connectivity index (χ1v) is 9.09. The third-order valence-corrected chi connectivity index (χ3v) is 4.22. The molecule has 1 aliphatic heterocycles. The van der Waals surface area contributed by atoms with Crippen molar-refractivity contribution in [2.45, 2.75) is 18.9 Å². The lowest BCUT2D eigenvalue weighted by Gasteiger charge is -2.22. The van der Waals surface area contributed by atoms with Gasteiger partial charge in [0.25, 0.3) is 0 Å². The lowest BCUT2D eigenvalue weighted by Crippen LogP contribution is -2.19. The maximum atomic E-state index is 11.4. The highest BCUT2D eigenvalue weighted by atomic mass is 16.5. The number of aromatic carboxylic acids is 1. The Balaban J connectivity index is 1.65. The van der Waals surface area contributed by atoms with Crippen LogP contribution in [0, 0.1) is 0 Å². The Morgan fingerprint density at radius 1 is 1.32 bits per heavy atom. The van der Waals surface area contributed by atoms with E-state index in [1.807, 2.05) is 10.9 Å². The van der Waals surface area contributed by atoms with Crippen LogP contribution < -0.4 is 10.6 Å². The summed E-state index contributed by atoms with van der Waals surface area (Å²) >= 11 is 0. The molecule has 11 nitrogen and oxygen atoms in total. The Labute approximate surface area is 161 Å². The second-order valence-corrected chi connectivity index (χ2v) is 6.20. The molecule has 1 saturated heterocycles. The SMILES string of the molecule is O=C(O)c1cnc(Nc2cnn(C3CCOCC3)c2)nc1NCCOCCO. The van der Waals surface area contributed by atoms with E-state index in [0.717, 1.165) is 26.1 Å². The number of carbonyl (C=O) groups is 1. The van der Waals surface area contributed by atoms with Crippen LogP contribution in [0.2, 0.25) is 0 Å². The summed E-state index contributed by atoms with van der Waals surface area (Å²) in [4.78, 5) is 19.7. The molecule has 1 fully saturated rings. The van der Waals surface area contributed by atoms with Gasteiger partial charge in [-0.05, 0) is 12.8 Å². The Bertz CT molecular complexity index is 777. The number of nitrogens with zero attached hydrogens (tertiary/aromatic N) is 4. The average molecular weight is 392 g/mol. The third-order valence-electron chi connectivity index (χ3n) is 4.22. The molecule has 0 atom stereocenters. The number of ether oxygens (including phenoxy) is 2. The molecule has 3 heterocycles. The van der Waals surface area contributed by atoms with Crippen molar-refractivity contribution in [3.05, 3.63) is 24.2 Å². The van der Waals surface area contributed by atoms with Crippen LogP contribution in [0.4, 0.5) is 17.5 Å². The molecule has 1 aliphatic rings. The van der Waals surface area contributed by atoms with Crippen molar-refractivity contribution in [2.24, 2.45) is 0 Å².